The highest BCUT2D eigenvalue weighted by atomic mass is 16.5. The summed E-state index contributed by atoms with van der Waals surface area (Å²) in [5.41, 5.74) is 3.46. The number of methoxy groups -OCH3 is 1. The lowest BCUT2D eigenvalue weighted by atomic mass is 10.1. The van der Waals surface area contributed by atoms with E-state index in [-0.39, 0.29) is 5.91 Å². The quantitative estimate of drug-likeness (QED) is 0.759. The predicted octanol–water partition coefficient (Wildman–Crippen LogP) is 1.98. The Bertz CT molecular complexity index is 918. The number of rotatable bonds is 4. The maximum absolute atomic E-state index is 12.5. The van der Waals surface area contributed by atoms with Crippen LogP contribution in [0.5, 0.6) is 5.75 Å². The van der Waals surface area contributed by atoms with E-state index in [0.717, 1.165) is 42.0 Å². The molecule has 0 radical (unpaired) electrons. The Labute approximate surface area is 144 Å². The van der Waals surface area contributed by atoms with Gasteiger partial charge in [-0.2, -0.15) is 5.10 Å². The molecule has 4 rings (SSSR count). The van der Waals surface area contributed by atoms with Gasteiger partial charge in [0.2, 0.25) is 0 Å². The van der Waals surface area contributed by atoms with Crippen molar-refractivity contribution in [1.29, 1.82) is 0 Å². The van der Waals surface area contributed by atoms with E-state index in [0.29, 0.717) is 23.6 Å². The summed E-state index contributed by atoms with van der Waals surface area (Å²) in [6, 6.07) is 7.56. The number of benzene rings is 1. The molecule has 7 nitrogen and oxygen atoms in total. The summed E-state index contributed by atoms with van der Waals surface area (Å²) < 4.78 is 12.9. The molecule has 2 aromatic heterocycles. The second-order valence-electron chi connectivity index (χ2n) is 6.13. The Morgan fingerprint density at radius 1 is 1.44 bits per heavy atom. The zero-order valence-corrected chi connectivity index (χ0v) is 14.3. The van der Waals surface area contributed by atoms with E-state index in [9.17, 15) is 4.79 Å². The standard InChI is InChI=1S/C18H20N4O3/c1-11-15-4-3-14(24-2)8-16(15)25-17(11)18(23)20-9-12-7-13-10-19-5-6-22(13)21-12/h3-4,7-8,19H,5-6,9-10H2,1-2H3,(H,20,23). The number of hydrogen-bond donors (Lipinski definition) is 2. The number of carbonyl (C=O) groups is 1. The molecule has 1 aliphatic rings. The van der Waals surface area contributed by atoms with Crippen LogP contribution in [0, 0.1) is 6.92 Å². The van der Waals surface area contributed by atoms with Crippen LogP contribution in [0.3, 0.4) is 0 Å². The lowest BCUT2D eigenvalue weighted by Crippen LogP contribution is -2.28. The SMILES string of the molecule is COc1ccc2c(C)c(C(=O)NCc3cc4n(n3)CCNC4)oc2c1. The molecule has 0 bridgehead atoms. The van der Waals surface area contributed by atoms with Crippen LogP contribution in [0.15, 0.2) is 28.7 Å². The van der Waals surface area contributed by atoms with Gasteiger partial charge >= 0.3 is 0 Å². The maximum Gasteiger partial charge on any atom is 0.287 e. The van der Waals surface area contributed by atoms with Crippen LogP contribution >= 0.6 is 0 Å². The van der Waals surface area contributed by atoms with Gasteiger partial charge in [-0.05, 0) is 25.1 Å². The lowest BCUT2D eigenvalue weighted by molar-refractivity contribution is 0.0924. The highest BCUT2D eigenvalue weighted by molar-refractivity contribution is 5.99. The van der Waals surface area contributed by atoms with Gasteiger partial charge in [0, 0.05) is 30.1 Å². The van der Waals surface area contributed by atoms with Crippen LogP contribution in [-0.4, -0.2) is 29.3 Å². The molecule has 130 valence electrons. The fourth-order valence-corrected chi connectivity index (χ4v) is 3.14. The third-order valence-electron chi connectivity index (χ3n) is 4.50. The van der Waals surface area contributed by atoms with Gasteiger partial charge in [0.15, 0.2) is 5.76 Å². The molecule has 0 saturated carbocycles. The minimum absolute atomic E-state index is 0.239. The minimum Gasteiger partial charge on any atom is -0.497 e. The summed E-state index contributed by atoms with van der Waals surface area (Å²) >= 11 is 0. The first-order valence-electron chi connectivity index (χ1n) is 8.27. The van der Waals surface area contributed by atoms with Gasteiger partial charge in [0.25, 0.3) is 5.91 Å². The molecule has 1 amide bonds. The number of nitrogens with zero attached hydrogens (tertiary/aromatic N) is 2. The summed E-state index contributed by atoms with van der Waals surface area (Å²) in [4.78, 5) is 12.5. The van der Waals surface area contributed by atoms with Gasteiger partial charge in [0.05, 0.1) is 31.6 Å². The fraction of sp³-hybridized carbons (Fsp3) is 0.333. The van der Waals surface area contributed by atoms with Gasteiger partial charge in [-0.3, -0.25) is 9.48 Å². The molecule has 0 aliphatic carbocycles. The van der Waals surface area contributed by atoms with Gasteiger partial charge < -0.3 is 19.8 Å². The maximum atomic E-state index is 12.5. The first-order valence-corrected chi connectivity index (χ1v) is 8.27. The largest absolute Gasteiger partial charge is 0.497 e. The van der Waals surface area contributed by atoms with Crippen molar-refractivity contribution in [3.63, 3.8) is 0 Å². The molecule has 7 heteroatoms. The van der Waals surface area contributed by atoms with Crippen molar-refractivity contribution in [2.75, 3.05) is 13.7 Å². The van der Waals surface area contributed by atoms with E-state index in [4.69, 9.17) is 9.15 Å². The molecular weight excluding hydrogens is 320 g/mol. The first kappa shape index (κ1) is 15.7. The van der Waals surface area contributed by atoms with E-state index < -0.39 is 0 Å². The first-order chi connectivity index (χ1) is 12.2. The van der Waals surface area contributed by atoms with Crippen molar-refractivity contribution in [1.82, 2.24) is 20.4 Å². The van der Waals surface area contributed by atoms with Gasteiger partial charge in [-0.1, -0.05) is 0 Å². The number of nitrogens with one attached hydrogen (secondary N) is 2. The van der Waals surface area contributed by atoms with Crippen molar-refractivity contribution in [3.05, 3.63) is 47.0 Å². The van der Waals surface area contributed by atoms with Crippen molar-refractivity contribution in [2.45, 2.75) is 26.6 Å². The summed E-state index contributed by atoms with van der Waals surface area (Å²) in [5, 5.41) is 11.6. The third kappa shape index (κ3) is 2.87. The number of aryl methyl sites for hydroxylation is 1. The zero-order chi connectivity index (χ0) is 17.4. The third-order valence-corrected chi connectivity index (χ3v) is 4.50. The molecule has 0 spiro atoms. The van der Waals surface area contributed by atoms with E-state index in [1.165, 1.54) is 0 Å². The molecule has 1 aromatic carbocycles. The van der Waals surface area contributed by atoms with Gasteiger partial charge in [-0.25, -0.2) is 0 Å². The molecule has 0 atom stereocenters. The topological polar surface area (TPSA) is 81.3 Å². The number of ether oxygens (including phenoxy) is 1. The fourth-order valence-electron chi connectivity index (χ4n) is 3.14. The minimum atomic E-state index is -0.239. The molecule has 0 saturated heterocycles. The Morgan fingerprint density at radius 2 is 2.32 bits per heavy atom. The number of aromatic nitrogens is 2. The zero-order valence-electron chi connectivity index (χ0n) is 14.3. The number of carbonyl (C=O) groups excluding carboxylic acids is 1. The van der Waals surface area contributed by atoms with Crippen molar-refractivity contribution >= 4 is 16.9 Å². The molecule has 3 heterocycles. The Balaban J connectivity index is 1.51. The monoisotopic (exact) mass is 340 g/mol. The van der Waals surface area contributed by atoms with E-state index in [1.54, 1.807) is 13.2 Å². The van der Waals surface area contributed by atoms with Gasteiger partial charge in [-0.15, -0.1) is 0 Å². The highest BCUT2D eigenvalue weighted by Gasteiger charge is 2.19. The van der Waals surface area contributed by atoms with E-state index in [2.05, 4.69) is 15.7 Å². The van der Waals surface area contributed by atoms with Crippen LogP contribution < -0.4 is 15.4 Å². The molecular formula is C18H20N4O3. The summed E-state index contributed by atoms with van der Waals surface area (Å²) in [6.45, 7) is 4.84. The Hall–Kier alpha value is -2.80. The van der Waals surface area contributed by atoms with Crippen LogP contribution in [0.1, 0.15) is 27.5 Å². The number of fused-ring (bicyclic) bond motifs is 2. The van der Waals surface area contributed by atoms with Crippen LogP contribution in [0.25, 0.3) is 11.0 Å². The van der Waals surface area contributed by atoms with Crippen molar-refractivity contribution < 1.29 is 13.9 Å². The smallest absolute Gasteiger partial charge is 0.287 e. The predicted molar refractivity (Wildman–Crippen MR) is 92.6 cm³/mol. The molecule has 0 unspecified atom stereocenters. The number of furan rings is 1. The van der Waals surface area contributed by atoms with Crippen molar-refractivity contribution in [3.8, 4) is 5.75 Å². The van der Waals surface area contributed by atoms with Crippen LogP contribution in [-0.2, 0) is 19.6 Å². The number of amides is 1. The Kier molecular flexibility index (Phi) is 3.93. The molecule has 2 N–H and O–H groups in total. The second kappa shape index (κ2) is 6.25. The second-order valence-corrected chi connectivity index (χ2v) is 6.13. The van der Waals surface area contributed by atoms with E-state index in [1.807, 2.05) is 29.8 Å². The summed E-state index contributed by atoms with van der Waals surface area (Å²) in [7, 11) is 1.60. The number of hydrogen-bond acceptors (Lipinski definition) is 5. The average Bonchev–Trinajstić information content (AvgIpc) is 3.20. The molecule has 1 aliphatic heterocycles. The van der Waals surface area contributed by atoms with Crippen molar-refractivity contribution in [2.24, 2.45) is 0 Å². The van der Waals surface area contributed by atoms with Crippen LogP contribution in [0.2, 0.25) is 0 Å². The molecule has 3 aromatic rings. The molecule has 0 fully saturated rings. The average molecular weight is 340 g/mol. The highest BCUT2D eigenvalue weighted by Crippen LogP contribution is 2.28. The Morgan fingerprint density at radius 3 is 3.12 bits per heavy atom. The molecule has 25 heavy (non-hydrogen) atoms. The summed E-state index contributed by atoms with van der Waals surface area (Å²) in [5.74, 6) is 0.788. The normalized spacial score (nSPS) is 13.7. The lowest BCUT2D eigenvalue weighted by Gasteiger charge is -2.13. The van der Waals surface area contributed by atoms with E-state index >= 15 is 0 Å². The van der Waals surface area contributed by atoms with Gasteiger partial charge in [0.1, 0.15) is 11.3 Å². The van der Waals surface area contributed by atoms with Crippen LogP contribution in [0.4, 0.5) is 0 Å². The summed E-state index contributed by atoms with van der Waals surface area (Å²) in [6.07, 6.45) is 0.